The summed E-state index contributed by atoms with van der Waals surface area (Å²) in [7, 11) is 0. The lowest BCUT2D eigenvalue weighted by Gasteiger charge is -2.07. The lowest BCUT2D eigenvalue weighted by atomic mass is 10.0. The molecule has 0 spiro atoms. The van der Waals surface area contributed by atoms with Gasteiger partial charge in [-0.05, 0) is 55.4 Å². The van der Waals surface area contributed by atoms with Gasteiger partial charge < -0.3 is 9.88 Å². The maximum atomic E-state index is 11.3. The van der Waals surface area contributed by atoms with Crippen LogP contribution in [0.15, 0.2) is 12.1 Å². The largest absolute Gasteiger partial charge is 0.344 e. The van der Waals surface area contributed by atoms with Gasteiger partial charge in [0.05, 0.1) is 5.52 Å². The van der Waals surface area contributed by atoms with Crippen molar-refractivity contribution in [3.05, 3.63) is 29.0 Å². The van der Waals surface area contributed by atoms with Crippen LogP contribution in [-0.2, 0) is 30.6 Å². The molecule has 4 rings (SSSR count). The Bertz CT molecular complexity index is 712. The van der Waals surface area contributed by atoms with Crippen LogP contribution >= 0.6 is 0 Å². The number of nitrogens with zero attached hydrogens (tertiary/aromatic N) is 1. The molecule has 3 heteroatoms. The Hall–Kier alpha value is -1.77. The number of hydrogen-bond acceptors (Lipinski definition) is 1. The van der Waals surface area contributed by atoms with E-state index >= 15 is 0 Å². The molecule has 1 aliphatic heterocycles. The minimum Gasteiger partial charge on any atom is -0.344 e. The molecule has 2 aromatic rings. The summed E-state index contributed by atoms with van der Waals surface area (Å²) in [5.41, 5.74) is 6.92. The van der Waals surface area contributed by atoms with E-state index in [9.17, 15) is 4.79 Å². The maximum Gasteiger partial charge on any atom is 0.221 e. The number of aromatic nitrogens is 1. The standard InChI is InChI=1S/C17H20N2O/c1-11(20)18-13-9-12-7-8-19-16-6-4-2-3-5-14(16)15(10-13)17(12)19/h9-10H,2-8H2,1H3,(H,18,20). The van der Waals surface area contributed by atoms with Gasteiger partial charge in [0.15, 0.2) is 0 Å². The van der Waals surface area contributed by atoms with Gasteiger partial charge in [-0.1, -0.05) is 6.42 Å². The second-order valence-corrected chi connectivity index (χ2v) is 6.10. The molecule has 20 heavy (non-hydrogen) atoms. The van der Waals surface area contributed by atoms with Crippen molar-refractivity contribution in [1.29, 1.82) is 0 Å². The summed E-state index contributed by atoms with van der Waals surface area (Å²) >= 11 is 0. The van der Waals surface area contributed by atoms with E-state index < -0.39 is 0 Å². The van der Waals surface area contributed by atoms with Crippen LogP contribution in [0.3, 0.4) is 0 Å². The molecule has 0 bridgehead atoms. The molecule has 2 aliphatic rings. The summed E-state index contributed by atoms with van der Waals surface area (Å²) in [5, 5.41) is 4.35. The van der Waals surface area contributed by atoms with E-state index in [2.05, 4.69) is 22.0 Å². The molecule has 1 aromatic carbocycles. The van der Waals surface area contributed by atoms with Crippen molar-refractivity contribution in [2.24, 2.45) is 0 Å². The lowest BCUT2D eigenvalue weighted by molar-refractivity contribution is -0.114. The third-order valence-electron chi connectivity index (χ3n) is 4.72. The highest BCUT2D eigenvalue weighted by Crippen LogP contribution is 2.38. The first-order chi connectivity index (χ1) is 9.74. The molecule has 0 atom stereocenters. The molecule has 104 valence electrons. The van der Waals surface area contributed by atoms with E-state index in [1.54, 1.807) is 18.2 Å². The summed E-state index contributed by atoms with van der Waals surface area (Å²) < 4.78 is 2.54. The Balaban J connectivity index is 1.95. The van der Waals surface area contributed by atoms with Crippen LogP contribution in [0.2, 0.25) is 0 Å². The Morgan fingerprint density at radius 2 is 2.00 bits per heavy atom. The number of carbonyl (C=O) groups excluding carboxylic acids is 1. The van der Waals surface area contributed by atoms with Crippen molar-refractivity contribution < 1.29 is 4.79 Å². The molecular formula is C17H20N2O. The highest BCUT2D eigenvalue weighted by molar-refractivity contribution is 5.96. The van der Waals surface area contributed by atoms with Crippen LogP contribution in [0.4, 0.5) is 5.69 Å². The fourth-order valence-electron chi connectivity index (χ4n) is 3.98. The van der Waals surface area contributed by atoms with E-state index in [1.165, 1.54) is 48.6 Å². The third-order valence-corrected chi connectivity index (χ3v) is 4.72. The second kappa shape index (κ2) is 4.37. The van der Waals surface area contributed by atoms with Crippen molar-refractivity contribution in [2.75, 3.05) is 5.32 Å². The highest BCUT2D eigenvalue weighted by Gasteiger charge is 2.24. The lowest BCUT2D eigenvalue weighted by Crippen LogP contribution is -2.06. The van der Waals surface area contributed by atoms with Crippen molar-refractivity contribution in [1.82, 2.24) is 4.57 Å². The molecular weight excluding hydrogens is 248 g/mol. The van der Waals surface area contributed by atoms with Crippen molar-refractivity contribution in [3.8, 4) is 0 Å². The van der Waals surface area contributed by atoms with E-state index in [-0.39, 0.29) is 5.91 Å². The molecule has 0 saturated heterocycles. The Morgan fingerprint density at radius 3 is 2.85 bits per heavy atom. The van der Waals surface area contributed by atoms with Crippen LogP contribution < -0.4 is 5.32 Å². The van der Waals surface area contributed by atoms with E-state index in [4.69, 9.17) is 0 Å². The minimum absolute atomic E-state index is 0.0140. The Labute approximate surface area is 119 Å². The molecule has 1 amide bonds. The number of anilines is 1. The number of amides is 1. The van der Waals surface area contributed by atoms with Gasteiger partial charge in [0.25, 0.3) is 0 Å². The number of aryl methyl sites for hydroxylation is 3. The van der Waals surface area contributed by atoms with Gasteiger partial charge in [0, 0.05) is 30.2 Å². The molecule has 1 N–H and O–H groups in total. The fourth-order valence-corrected chi connectivity index (χ4v) is 3.98. The molecule has 0 unspecified atom stereocenters. The van der Waals surface area contributed by atoms with Crippen LogP contribution in [0, 0.1) is 0 Å². The van der Waals surface area contributed by atoms with Crippen LogP contribution in [0.25, 0.3) is 10.9 Å². The predicted octanol–water partition coefficient (Wildman–Crippen LogP) is 3.42. The number of carbonyl (C=O) groups is 1. The van der Waals surface area contributed by atoms with E-state index in [0.29, 0.717) is 0 Å². The highest BCUT2D eigenvalue weighted by atomic mass is 16.1. The molecule has 3 nitrogen and oxygen atoms in total. The summed E-state index contributed by atoms with van der Waals surface area (Å²) in [6.45, 7) is 2.69. The normalized spacial score (nSPS) is 17.1. The monoisotopic (exact) mass is 268 g/mol. The number of fused-ring (bicyclic) bond motifs is 3. The quantitative estimate of drug-likeness (QED) is 0.790. The molecule has 2 heterocycles. The maximum absolute atomic E-state index is 11.3. The summed E-state index contributed by atoms with van der Waals surface area (Å²) in [6, 6.07) is 4.35. The van der Waals surface area contributed by atoms with Crippen LogP contribution in [0.5, 0.6) is 0 Å². The van der Waals surface area contributed by atoms with Gasteiger partial charge >= 0.3 is 0 Å². The van der Waals surface area contributed by atoms with Gasteiger partial charge in [-0.3, -0.25) is 4.79 Å². The number of benzene rings is 1. The second-order valence-electron chi connectivity index (χ2n) is 6.10. The first-order valence-electron chi connectivity index (χ1n) is 7.68. The number of hydrogen-bond donors (Lipinski definition) is 1. The Morgan fingerprint density at radius 1 is 1.15 bits per heavy atom. The smallest absolute Gasteiger partial charge is 0.221 e. The van der Waals surface area contributed by atoms with Gasteiger partial charge in [-0.2, -0.15) is 0 Å². The average molecular weight is 268 g/mol. The van der Waals surface area contributed by atoms with E-state index in [0.717, 1.165) is 18.7 Å². The summed E-state index contributed by atoms with van der Waals surface area (Å²) in [4.78, 5) is 11.3. The van der Waals surface area contributed by atoms with Crippen molar-refractivity contribution in [3.63, 3.8) is 0 Å². The molecule has 1 aromatic heterocycles. The van der Waals surface area contributed by atoms with E-state index in [1.807, 2.05) is 0 Å². The molecule has 0 saturated carbocycles. The van der Waals surface area contributed by atoms with Gasteiger partial charge in [-0.25, -0.2) is 0 Å². The molecule has 0 radical (unpaired) electrons. The van der Waals surface area contributed by atoms with Gasteiger partial charge in [0.1, 0.15) is 0 Å². The zero-order chi connectivity index (χ0) is 13.7. The zero-order valence-corrected chi connectivity index (χ0v) is 12.0. The fraction of sp³-hybridized carbons (Fsp3) is 0.471. The first kappa shape index (κ1) is 12.0. The van der Waals surface area contributed by atoms with Crippen molar-refractivity contribution >= 4 is 22.5 Å². The van der Waals surface area contributed by atoms with Gasteiger partial charge in [-0.15, -0.1) is 0 Å². The predicted molar refractivity (Wildman–Crippen MR) is 81.2 cm³/mol. The number of rotatable bonds is 1. The summed E-state index contributed by atoms with van der Waals surface area (Å²) in [6.07, 6.45) is 7.48. The zero-order valence-electron chi connectivity index (χ0n) is 12.0. The SMILES string of the molecule is CC(=O)Nc1cc2c3c(c1)c1c(n3CC2)CCCCC1. The third kappa shape index (κ3) is 1.69. The average Bonchev–Trinajstić information content (AvgIpc) is 2.84. The summed E-state index contributed by atoms with van der Waals surface area (Å²) in [5.74, 6) is 0.0140. The molecule has 0 fully saturated rings. The van der Waals surface area contributed by atoms with Crippen LogP contribution in [0.1, 0.15) is 43.0 Å². The Kier molecular flexibility index (Phi) is 2.62. The van der Waals surface area contributed by atoms with Crippen molar-refractivity contribution in [2.45, 2.75) is 52.0 Å². The topological polar surface area (TPSA) is 34.0 Å². The van der Waals surface area contributed by atoms with Gasteiger partial charge in [0.2, 0.25) is 5.91 Å². The number of nitrogens with one attached hydrogen (secondary N) is 1. The minimum atomic E-state index is 0.0140. The molecule has 1 aliphatic carbocycles. The van der Waals surface area contributed by atoms with Crippen LogP contribution in [-0.4, -0.2) is 10.5 Å². The first-order valence-corrected chi connectivity index (χ1v) is 7.68.